The van der Waals surface area contributed by atoms with Crippen molar-refractivity contribution < 1.29 is 9.59 Å². The van der Waals surface area contributed by atoms with Crippen LogP contribution in [0.5, 0.6) is 0 Å². The van der Waals surface area contributed by atoms with Crippen molar-refractivity contribution >= 4 is 11.6 Å². The molecule has 2 aromatic carbocycles. The summed E-state index contributed by atoms with van der Waals surface area (Å²) in [5.41, 5.74) is 4.80. The quantitative estimate of drug-likeness (QED) is 0.757. The van der Waals surface area contributed by atoms with Gasteiger partial charge in [-0.1, -0.05) is 74.5 Å². The Morgan fingerprint density at radius 3 is 2.21 bits per heavy atom. The molecule has 142 valence electrons. The lowest BCUT2D eigenvalue weighted by molar-refractivity contribution is -0.118. The van der Waals surface area contributed by atoms with Crippen LogP contribution < -0.4 is 5.32 Å². The first-order chi connectivity index (χ1) is 13.4. The van der Waals surface area contributed by atoms with E-state index < -0.39 is 0 Å². The molecule has 1 aliphatic heterocycles. The van der Waals surface area contributed by atoms with Crippen molar-refractivity contribution in [2.45, 2.75) is 39.5 Å². The largest absolute Gasteiger partial charge is 0.362 e. The molecule has 2 aliphatic rings. The van der Waals surface area contributed by atoms with Gasteiger partial charge in [-0.05, 0) is 24.3 Å². The minimum Gasteiger partial charge on any atom is -0.362 e. The predicted octanol–water partition coefficient (Wildman–Crippen LogP) is 5.17. The molecule has 1 heterocycles. The molecule has 1 atom stereocenters. The van der Waals surface area contributed by atoms with Gasteiger partial charge in [-0.25, -0.2) is 0 Å². The number of dihydropyridines is 1. The monoisotopic (exact) mass is 371 g/mol. The van der Waals surface area contributed by atoms with E-state index in [4.69, 9.17) is 0 Å². The fraction of sp³-hybridized carbons (Fsp3) is 0.280. The van der Waals surface area contributed by atoms with Crippen molar-refractivity contribution in [3.05, 3.63) is 94.3 Å². The Kier molecular flexibility index (Phi) is 4.54. The van der Waals surface area contributed by atoms with Crippen molar-refractivity contribution in [2.75, 3.05) is 0 Å². The van der Waals surface area contributed by atoms with Gasteiger partial charge in [-0.2, -0.15) is 0 Å². The van der Waals surface area contributed by atoms with Crippen LogP contribution in [-0.2, 0) is 4.79 Å². The molecule has 0 amide bonds. The van der Waals surface area contributed by atoms with E-state index >= 15 is 0 Å². The normalized spacial score (nSPS) is 21.2. The van der Waals surface area contributed by atoms with Crippen LogP contribution in [0.15, 0.2) is 83.2 Å². The number of hydrogen-bond donors (Lipinski definition) is 1. The topological polar surface area (TPSA) is 46.2 Å². The molecule has 1 N–H and O–H groups in total. The molecule has 0 spiro atoms. The van der Waals surface area contributed by atoms with Gasteiger partial charge in [0, 0.05) is 40.4 Å². The summed E-state index contributed by atoms with van der Waals surface area (Å²) in [5, 5.41) is 3.42. The lowest BCUT2D eigenvalue weighted by Gasteiger charge is -2.39. The van der Waals surface area contributed by atoms with Crippen LogP contribution in [0.3, 0.4) is 0 Å². The Bertz CT molecular complexity index is 997. The number of benzene rings is 2. The van der Waals surface area contributed by atoms with Gasteiger partial charge in [0.1, 0.15) is 0 Å². The number of Topliss-reactive ketones (excluding diaryl/α,β-unsaturated/α-hetero) is 2. The van der Waals surface area contributed by atoms with Crippen molar-refractivity contribution in [3.63, 3.8) is 0 Å². The molecular weight excluding hydrogens is 346 g/mol. The first-order valence-electron chi connectivity index (χ1n) is 9.76. The third-order valence-corrected chi connectivity index (χ3v) is 5.65. The number of hydrogen-bond acceptors (Lipinski definition) is 3. The predicted molar refractivity (Wildman–Crippen MR) is 111 cm³/mol. The van der Waals surface area contributed by atoms with Crippen LogP contribution in [0, 0.1) is 5.41 Å². The maximum Gasteiger partial charge on any atom is 0.191 e. The van der Waals surface area contributed by atoms with Crippen molar-refractivity contribution in [1.82, 2.24) is 5.32 Å². The Hall–Kier alpha value is -2.94. The maximum absolute atomic E-state index is 13.5. The average Bonchev–Trinajstić information content (AvgIpc) is 2.67. The van der Waals surface area contributed by atoms with Gasteiger partial charge in [0.2, 0.25) is 0 Å². The third-order valence-electron chi connectivity index (χ3n) is 5.65. The van der Waals surface area contributed by atoms with Crippen LogP contribution in [-0.4, -0.2) is 11.6 Å². The van der Waals surface area contributed by atoms with Crippen LogP contribution >= 0.6 is 0 Å². The number of rotatable bonds is 3. The molecular formula is C25H25NO2. The van der Waals surface area contributed by atoms with Gasteiger partial charge in [-0.3, -0.25) is 9.59 Å². The van der Waals surface area contributed by atoms with Gasteiger partial charge < -0.3 is 5.32 Å². The molecule has 0 saturated heterocycles. The van der Waals surface area contributed by atoms with E-state index in [0.29, 0.717) is 17.6 Å². The lowest BCUT2D eigenvalue weighted by atomic mass is 9.68. The van der Waals surface area contributed by atoms with Crippen LogP contribution in [0.4, 0.5) is 0 Å². The number of carbonyl (C=O) groups excluding carboxylic acids is 2. The van der Waals surface area contributed by atoms with E-state index in [-0.39, 0.29) is 22.9 Å². The van der Waals surface area contributed by atoms with Crippen molar-refractivity contribution in [2.24, 2.45) is 5.41 Å². The molecule has 3 heteroatoms. The molecule has 4 rings (SSSR count). The highest BCUT2D eigenvalue weighted by Gasteiger charge is 2.42. The number of nitrogens with one attached hydrogen (secondary N) is 1. The fourth-order valence-corrected chi connectivity index (χ4v) is 4.46. The Balaban J connectivity index is 1.89. The maximum atomic E-state index is 13.5. The van der Waals surface area contributed by atoms with Gasteiger partial charge in [0.05, 0.1) is 0 Å². The van der Waals surface area contributed by atoms with Crippen molar-refractivity contribution in [3.8, 4) is 0 Å². The molecule has 1 unspecified atom stereocenters. The molecule has 0 fully saturated rings. The lowest BCUT2D eigenvalue weighted by Crippen LogP contribution is -2.38. The van der Waals surface area contributed by atoms with Crippen LogP contribution in [0.2, 0.25) is 0 Å². The minimum atomic E-state index is -0.325. The SMILES string of the molecule is CC1=C(C(=O)c2ccccc2)C(c2ccccc2)C2=C(CC(C)(C)CC2=O)N1. The molecule has 28 heavy (non-hydrogen) atoms. The van der Waals surface area contributed by atoms with Gasteiger partial charge in [0.25, 0.3) is 0 Å². The summed E-state index contributed by atoms with van der Waals surface area (Å²) in [4.78, 5) is 26.7. The van der Waals surface area contributed by atoms with E-state index in [1.54, 1.807) is 0 Å². The number of carbonyl (C=O) groups is 2. The molecule has 2 aromatic rings. The second-order valence-corrected chi connectivity index (χ2v) is 8.54. The summed E-state index contributed by atoms with van der Waals surface area (Å²) in [5.74, 6) is -0.212. The second kappa shape index (κ2) is 6.90. The summed E-state index contributed by atoms with van der Waals surface area (Å²) in [6, 6.07) is 19.2. The molecule has 0 bridgehead atoms. The second-order valence-electron chi connectivity index (χ2n) is 8.54. The molecule has 1 aliphatic carbocycles. The van der Waals surface area contributed by atoms with Crippen LogP contribution in [0.25, 0.3) is 0 Å². The van der Waals surface area contributed by atoms with Gasteiger partial charge >= 0.3 is 0 Å². The summed E-state index contributed by atoms with van der Waals surface area (Å²) < 4.78 is 0. The van der Waals surface area contributed by atoms with E-state index in [9.17, 15) is 9.59 Å². The van der Waals surface area contributed by atoms with Crippen molar-refractivity contribution in [1.29, 1.82) is 0 Å². The first-order valence-corrected chi connectivity index (χ1v) is 9.76. The van der Waals surface area contributed by atoms with Gasteiger partial charge in [0.15, 0.2) is 11.6 Å². The zero-order chi connectivity index (χ0) is 19.9. The van der Waals surface area contributed by atoms with E-state index in [1.807, 2.05) is 67.6 Å². The summed E-state index contributed by atoms with van der Waals surface area (Å²) in [6.45, 7) is 6.19. The highest BCUT2D eigenvalue weighted by atomic mass is 16.1. The van der Waals surface area contributed by atoms with E-state index in [2.05, 4.69) is 19.2 Å². The smallest absolute Gasteiger partial charge is 0.191 e. The summed E-state index contributed by atoms with van der Waals surface area (Å²) in [6.07, 6.45) is 1.31. The zero-order valence-corrected chi connectivity index (χ0v) is 16.6. The number of allylic oxidation sites excluding steroid dienone is 4. The van der Waals surface area contributed by atoms with Gasteiger partial charge in [-0.15, -0.1) is 0 Å². The summed E-state index contributed by atoms with van der Waals surface area (Å²) >= 11 is 0. The fourth-order valence-electron chi connectivity index (χ4n) is 4.46. The standard InChI is InChI=1S/C25H25NO2/c1-16-21(24(28)18-12-8-5-9-13-18)22(17-10-6-4-7-11-17)23-19(26-16)14-25(2,3)15-20(23)27/h4-13,22,26H,14-15H2,1-3H3. The molecule has 3 nitrogen and oxygen atoms in total. The Morgan fingerprint density at radius 1 is 0.964 bits per heavy atom. The minimum absolute atomic E-state index is 0.0244. The van der Waals surface area contributed by atoms with E-state index in [1.165, 1.54) is 0 Å². The van der Waals surface area contributed by atoms with E-state index in [0.717, 1.165) is 29.0 Å². The Labute approximate surface area is 166 Å². The highest BCUT2D eigenvalue weighted by molar-refractivity contribution is 6.13. The Morgan fingerprint density at radius 2 is 1.57 bits per heavy atom. The summed E-state index contributed by atoms with van der Waals surface area (Å²) in [7, 11) is 0. The van der Waals surface area contributed by atoms with Crippen LogP contribution in [0.1, 0.15) is 55.5 Å². The zero-order valence-electron chi connectivity index (χ0n) is 16.6. The first kappa shape index (κ1) is 18.4. The third kappa shape index (κ3) is 3.22. The highest BCUT2D eigenvalue weighted by Crippen LogP contribution is 2.47. The molecule has 0 aromatic heterocycles. The molecule has 0 saturated carbocycles. The molecule has 0 radical (unpaired) electrons. The number of ketones is 2. The average molecular weight is 371 g/mol.